The summed E-state index contributed by atoms with van der Waals surface area (Å²) in [6.07, 6.45) is -5.02. The number of benzene rings is 1. The Morgan fingerprint density at radius 1 is 1.33 bits per heavy atom. The summed E-state index contributed by atoms with van der Waals surface area (Å²) < 4.78 is 61.7. The molecule has 0 bridgehead atoms. The van der Waals surface area contributed by atoms with E-state index in [0.29, 0.717) is 0 Å². The van der Waals surface area contributed by atoms with Gasteiger partial charge >= 0.3 is 12.1 Å². The van der Waals surface area contributed by atoms with Gasteiger partial charge in [-0.1, -0.05) is 12.1 Å². The van der Waals surface area contributed by atoms with Gasteiger partial charge < -0.3 is 5.11 Å². The maximum Gasteiger partial charge on any atom is 0.403 e. The number of carboxylic acids is 1. The molecule has 0 amide bonds. The number of carbonyl (C=O) groups is 1. The normalized spacial score (nSPS) is 15.1. The lowest BCUT2D eigenvalue weighted by molar-refractivity contribution is -0.188. The quantitative estimate of drug-likeness (QED) is 0.862. The highest BCUT2D eigenvalue weighted by Gasteiger charge is 2.46. The molecule has 18 heavy (non-hydrogen) atoms. The Bertz CT molecular complexity index is 472. The third kappa shape index (κ3) is 3.52. The third-order valence-corrected chi connectivity index (χ3v) is 3.55. The number of alkyl halides is 3. The molecule has 0 spiro atoms. The molecule has 100 valence electrons. The fourth-order valence-corrected chi connectivity index (χ4v) is 2.51. The van der Waals surface area contributed by atoms with Crippen LogP contribution in [0.25, 0.3) is 0 Å². The maximum atomic E-state index is 13.2. The molecule has 0 saturated carbocycles. The Labute approximate surface area is 102 Å². The molecular weight excluding hydrogens is 276 g/mol. The minimum atomic E-state index is -5.02. The molecule has 1 rings (SSSR count). The van der Waals surface area contributed by atoms with E-state index in [4.69, 9.17) is 5.11 Å². The monoisotopic (exact) mass is 284 g/mol. The summed E-state index contributed by atoms with van der Waals surface area (Å²) in [4.78, 5) is 10.0. The van der Waals surface area contributed by atoms with Gasteiger partial charge in [0, 0.05) is 0 Å². The van der Waals surface area contributed by atoms with Crippen LogP contribution in [-0.2, 0) is 15.6 Å². The SMILES string of the molecule is O=C(O)C(CS(=O)c1ccccc1F)C(F)(F)F. The second-order valence-electron chi connectivity index (χ2n) is 3.38. The lowest BCUT2D eigenvalue weighted by atomic mass is 10.2. The average molecular weight is 284 g/mol. The van der Waals surface area contributed by atoms with Crippen LogP contribution in [0.4, 0.5) is 17.6 Å². The zero-order chi connectivity index (χ0) is 13.9. The van der Waals surface area contributed by atoms with Crippen LogP contribution in [-0.4, -0.2) is 27.2 Å². The molecule has 1 aromatic carbocycles. The van der Waals surface area contributed by atoms with Gasteiger partial charge in [-0.05, 0) is 12.1 Å². The first-order chi connectivity index (χ1) is 8.23. The summed E-state index contributed by atoms with van der Waals surface area (Å²) in [6, 6.07) is 4.59. The van der Waals surface area contributed by atoms with Crippen LogP contribution in [0, 0.1) is 11.7 Å². The predicted molar refractivity (Wildman–Crippen MR) is 54.9 cm³/mol. The van der Waals surface area contributed by atoms with Crippen molar-refractivity contribution in [2.75, 3.05) is 5.75 Å². The van der Waals surface area contributed by atoms with Crippen LogP contribution < -0.4 is 0 Å². The van der Waals surface area contributed by atoms with Crippen molar-refractivity contribution in [1.29, 1.82) is 0 Å². The van der Waals surface area contributed by atoms with Gasteiger partial charge in [0.1, 0.15) is 5.82 Å². The molecule has 0 heterocycles. The summed E-state index contributed by atoms with van der Waals surface area (Å²) >= 11 is 0. The lowest BCUT2D eigenvalue weighted by Crippen LogP contribution is -2.35. The van der Waals surface area contributed by atoms with Crippen LogP contribution in [0.15, 0.2) is 29.2 Å². The number of halogens is 4. The van der Waals surface area contributed by atoms with E-state index < -0.39 is 45.3 Å². The van der Waals surface area contributed by atoms with Gasteiger partial charge in [0.25, 0.3) is 0 Å². The Morgan fingerprint density at radius 3 is 2.33 bits per heavy atom. The molecule has 1 N–H and O–H groups in total. The molecule has 0 aliphatic carbocycles. The minimum Gasteiger partial charge on any atom is -0.481 e. The van der Waals surface area contributed by atoms with Gasteiger partial charge in [-0.25, -0.2) is 4.39 Å². The van der Waals surface area contributed by atoms with Crippen LogP contribution in [0.3, 0.4) is 0 Å². The molecule has 0 aromatic heterocycles. The molecule has 2 atom stereocenters. The molecule has 0 radical (unpaired) electrons. The number of hydrogen-bond donors (Lipinski definition) is 1. The highest BCUT2D eigenvalue weighted by atomic mass is 32.2. The van der Waals surface area contributed by atoms with E-state index >= 15 is 0 Å². The second kappa shape index (κ2) is 5.47. The van der Waals surface area contributed by atoms with E-state index in [1.165, 1.54) is 12.1 Å². The zero-order valence-electron chi connectivity index (χ0n) is 8.78. The van der Waals surface area contributed by atoms with Crippen molar-refractivity contribution in [3.63, 3.8) is 0 Å². The fraction of sp³-hybridized carbons (Fsp3) is 0.300. The first-order valence-corrected chi connectivity index (χ1v) is 5.98. The van der Waals surface area contributed by atoms with Gasteiger partial charge in [0.15, 0.2) is 5.92 Å². The van der Waals surface area contributed by atoms with E-state index in [1.54, 1.807) is 0 Å². The zero-order valence-corrected chi connectivity index (χ0v) is 9.59. The average Bonchev–Trinajstić information content (AvgIpc) is 2.24. The van der Waals surface area contributed by atoms with Crippen LogP contribution in [0.5, 0.6) is 0 Å². The maximum absolute atomic E-state index is 13.2. The van der Waals surface area contributed by atoms with E-state index in [9.17, 15) is 26.6 Å². The first kappa shape index (κ1) is 14.6. The molecule has 8 heteroatoms. The smallest absolute Gasteiger partial charge is 0.403 e. The number of aliphatic carboxylic acids is 1. The summed E-state index contributed by atoms with van der Waals surface area (Å²) in [6.45, 7) is 0. The van der Waals surface area contributed by atoms with Crippen LogP contribution in [0.1, 0.15) is 0 Å². The Hall–Kier alpha value is -1.44. The van der Waals surface area contributed by atoms with E-state index in [1.807, 2.05) is 0 Å². The number of rotatable bonds is 4. The van der Waals surface area contributed by atoms with Crippen LogP contribution in [0.2, 0.25) is 0 Å². The van der Waals surface area contributed by atoms with Crippen molar-refractivity contribution in [1.82, 2.24) is 0 Å². The topological polar surface area (TPSA) is 54.4 Å². The summed E-state index contributed by atoms with van der Waals surface area (Å²) in [7, 11) is -2.37. The Morgan fingerprint density at radius 2 is 1.89 bits per heavy atom. The molecule has 0 aliphatic rings. The molecule has 0 saturated heterocycles. The van der Waals surface area contributed by atoms with E-state index in [-0.39, 0.29) is 0 Å². The van der Waals surface area contributed by atoms with Gasteiger partial charge in [-0.2, -0.15) is 13.2 Å². The molecular formula is C10H8F4O3S. The second-order valence-corrected chi connectivity index (χ2v) is 4.84. The van der Waals surface area contributed by atoms with Crippen molar-refractivity contribution >= 4 is 16.8 Å². The molecule has 0 aliphatic heterocycles. The van der Waals surface area contributed by atoms with E-state index in [2.05, 4.69) is 0 Å². The minimum absolute atomic E-state index is 0.437. The lowest BCUT2D eigenvalue weighted by Gasteiger charge is -2.15. The Balaban J connectivity index is 2.93. The fourth-order valence-electron chi connectivity index (χ4n) is 1.18. The number of carboxylic acid groups (broad SMARTS) is 1. The summed E-state index contributed by atoms with van der Waals surface area (Å²) in [5.41, 5.74) is 0. The summed E-state index contributed by atoms with van der Waals surface area (Å²) in [5, 5.41) is 8.43. The van der Waals surface area contributed by atoms with Gasteiger partial charge in [0.05, 0.1) is 21.4 Å². The van der Waals surface area contributed by atoms with Gasteiger partial charge in [0.2, 0.25) is 0 Å². The van der Waals surface area contributed by atoms with Gasteiger partial charge in [-0.15, -0.1) is 0 Å². The van der Waals surface area contributed by atoms with Crippen molar-refractivity contribution in [2.24, 2.45) is 5.92 Å². The van der Waals surface area contributed by atoms with E-state index in [0.717, 1.165) is 12.1 Å². The molecule has 3 nitrogen and oxygen atoms in total. The van der Waals surface area contributed by atoms with Crippen molar-refractivity contribution < 1.29 is 31.7 Å². The molecule has 1 aromatic rings. The third-order valence-electron chi connectivity index (χ3n) is 2.09. The molecule has 0 fully saturated rings. The first-order valence-electron chi connectivity index (χ1n) is 4.66. The largest absolute Gasteiger partial charge is 0.481 e. The van der Waals surface area contributed by atoms with Crippen molar-refractivity contribution in [3.8, 4) is 0 Å². The van der Waals surface area contributed by atoms with Gasteiger partial charge in [-0.3, -0.25) is 9.00 Å². The van der Waals surface area contributed by atoms with Crippen molar-refractivity contribution in [3.05, 3.63) is 30.1 Å². The number of hydrogen-bond acceptors (Lipinski definition) is 2. The predicted octanol–water partition coefficient (Wildman–Crippen LogP) is 2.20. The highest BCUT2D eigenvalue weighted by molar-refractivity contribution is 7.85. The summed E-state index contributed by atoms with van der Waals surface area (Å²) in [5.74, 6) is -7.05. The Kier molecular flexibility index (Phi) is 4.44. The highest BCUT2D eigenvalue weighted by Crippen LogP contribution is 2.28. The molecule has 2 unspecified atom stereocenters. The van der Waals surface area contributed by atoms with Crippen molar-refractivity contribution in [2.45, 2.75) is 11.1 Å². The van der Waals surface area contributed by atoms with Crippen LogP contribution >= 0.6 is 0 Å². The standard InChI is InChI=1S/C10H8F4O3S/c11-7-3-1-2-4-8(7)18(17)5-6(9(15)16)10(12,13)14/h1-4,6H,5H2,(H,15,16).